The van der Waals surface area contributed by atoms with Crippen molar-refractivity contribution >= 4 is 56.3 Å². The second-order valence-electron chi connectivity index (χ2n) is 5.46. The number of amides is 1. The lowest BCUT2D eigenvalue weighted by Crippen LogP contribution is -2.21. The van der Waals surface area contributed by atoms with Crippen molar-refractivity contribution in [2.24, 2.45) is 0 Å². The quantitative estimate of drug-likeness (QED) is 0.280. The van der Waals surface area contributed by atoms with Crippen molar-refractivity contribution in [1.29, 1.82) is 0 Å². The molecule has 8 nitrogen and oxygen atoms in total. The number of hydrogen-bond acceptors (Lipinski definition) is 7. The first-order chi connectivity index (χ1) is 12.8. The molecule has 2 aromatic rings. The summed E-state index contributed by atoms with van der Waals surface area (Å²) in [5.41, 5.74) is 0.182. The van der Waals surface area contributed by atoms with E-state index in [1.165, 1.54) is 29.5 Å². The van der Waals surface area contributed by atoms with E-state index < -0.39 is 23.4 Å². The van der Waals surface area contributed by atoms with Crippen molar-refractivity contribution in [2.75, 3.05) is 11.9 Å². The van der Waals surface area contributed by atoms with Crippen LogP contribution in [0.4, 0.5) is 11.4 Å². The number of hydrogen-bond donors (Lipinski definition) is 1. The highest BCUT2D eigenvalue weighted by Gasteiger charge is 2.15. The van der Waals surface area contributed by atoms with Crippen molar-refractivity contribution in [3.8, 4) is 0 Å². The molecule has 0 radical (unpaired) electrons. The predicted molar refractivity (Wildman–Crippen MR) is 103 cm³/mol. The standard InChI is InChI=1S/C17H15BrN2O6S/c1-10-2-6-15(27-10)14(21)5-7-17(23)26-9-16(22)19-13-4-3-11(20(24)25)8-12(13)18/h2-4,6,8H,5,7,9H2,1H3,(H,19,22). The monoisotopic (exact) mass is 454 g/mol. The summed E-state index contributed by atoms with van der Waals surface area (Å²) >= 11 is 4.48. The maximum Gasteiger partial charge on any atom is 0.306 e. The van der Waals surface area contributed by atoms with Gasteiger partial charge in [-0.15, -0.1) is 11.3 Å². The number of carbonyl (C=O) groups excluding carboxylic acids is 3. The fourth-order valence-corrected chi connectivity index (χ4v) is 3.35. The number of non-ortho nitro benzene ring substituents is 1. The summed E-state index contributed by atoms with van der Waals surface area (Å²) in [6.45, 7) is 1.37. The molecule has 1 N–H and O–H groups in total. The Morgan fingerprint density at radius 2 is 1.96 bits per heavy atom. The molecule has 1 aromatic heterocycles. The van der Waals surface area contributed by atoms with Crippen LogP contribution in [0.1, 0.15) is 27.4 Å². The summed E-state index contributed by atoms with van der Waals surface area (Å²) in [5.74, 6) is -1.41. The van der Waals surface area contributed by atoms with E-state index >= 15 is 0 Å². The van der Waals surface area contributed by atoms with Gasteiger partial charge in [0.15, 0.2) is 12.4 Å². The smallest absolute Gasteiger partial charge is 0.306 e. The molecule has 0 atom stereocenters. The van der Waals surface area contributed by atoms with Gasteiger partial charge in [0, 0.05) is 27.9 Å². The number of aryl methyl sites for hydroxylation is 1. The Kier molecular flexibility index (Phi) is 7.19. The van der Waals surface area contributed by atoms with Gasteiger partial charge >= 0.3 is 5.97 Å². The molecule has 0 bridgehead atoms. The van der Waals surface area contributed by atoms with Crippen molar-refractivity contribution in [3.63, 3.8) is 0 Å². The highest BCUT2D eigenvalue weighted by atomic mass is 79.9. The highest BCUT2D eigenvalue weighted by molar-refractivity contribution is 9.10. The van der Waals surface area contributed by atoms with Crippen molar-refractivity contribution in [3.05, 3.63) is 54.7 Å². The van der Waals surface area contributed by atoms with Gasteiger partial charge in [0.25, 0.3) is 11.6 Å². The summed E-state index contributed by atoms with van der Waals surface area (Å²) in [6, 6.07) is 7.40. The first-order valence-electron chi connectivity index (χ1n) is 7.75. The average Bonchev–Trinajstić information content (AvgIpc) is 3.06. The van der Waals surface area contributed by atoms with Gasteiger partial charge in [-0.3, -0.25) is 24.5 Å². The van der Waals surface area contributed by atoms with Gasteiger partial charge in [-0.1, -0.05) is 0 Å². The Labute approximate surface area is 166 Å². The van der Waals surface area contributed by atoms with E-state index in [1.54, 1.807) is 6.07 Å². The molecule has 0 aliphatic heterocycles. The van der Waals surface area contributed by atoms with Crippen LogP contribution in [0.15, 0.2) is 34.8 Å². The molecular weight excluding hydrogens is 440 g/mol. The number of nitro benzene ring substituents is 1. The maximum atomic E-state index is 11.9. The van der Waals surface area contributed by atoms with E-state index in [0.717, 1.165) is 4.88 Å². The zero-order valence-electron chi connectivity index (χ0n) is 14.2. The predicted octanol–water partition coefficient (Wildman–Crippen LogP) is 3.87. The number of benzene rings is 1. The molecule has 142 valence electrons. The van der Waals surface area contributed by atoms with E-state index in [-0.39, 0.29) is 24.3 Å². The van der Waals surface area contributed by atoms with Gasteiger partial charge in [0.2, 0.25) is 0 Å². The summed E-state index contributed by atoms with van der Waals surface area (Å²) in [7, 11) is 0. The van der Waals surface area contributed by atoms with E-state index in [0.29, 0.717) is 15.0 Å². The number of Topliss-reactive ketones (excluding diaryl/α,β-unsaturated/α-hetero) is 1. The fraction of sp³-hybridized carbons (Fsp3) is 0.235. The Morgan fingerprint density at radius 3 is 2.56 bits per heavy atom. The third kappa shape index (κ3) is 6.26. The minimum absolute atomic E-state index is 0.00824. The maximum absolute atomic E-state index is 11.9. The molecule has 0 aliphatic carbocycles. The first kappa shape index (κ1) is 20.7. The number of nitro groups is 1. The number of esters is 1. The molecular formula is C17H15BrN2O6S. The zero-order chi connectivity index (χ0) is 20.0. The van der Waals surface area contributed by atoms with Crippen LogP contribution in [0.2, 0.25) is 0 Å². The lowest BCUT2D eigenvalue weighted by Gasteiger charge is -2.08. The van der Waals surface area contributed by atoms with E-state index in [2.05, 4.69) is 21.2 Å². The molecule has 10 heteroatoms. The van der Waals surface area contributed by atoms with Gasteiger partial charge in [0.1, 0.15) is 0 Å². The molecule has 0 saturated carbocycles. The number of nitrogens with one attached hydrogen (secondary N) is 1. The van der Waals surface area contributed by atoms with Gasteiger partial charge in [0.05, 0.1) is 21.9 Å². The summed E-state index contributed by atoms with van der Waals surface area (Å²) in [4.78, 5) is 47.2. The van der Waals surface area contributed by atoms with Gasteiger partial charge in [-0.25, -0.2) is 0 Å². The van der Waals surface area contributed by atoms with Gasteiger partial charge in [-0.05, 0) is 41.1 Å². The number of halogens is 1. The Hall–Kier alpha value is -2.59. The molecule has 1 amide bonds. The minimum Gasteiger partial charge on any atom is -0.456 e. The SMILES string of the molecule is Cc1ccc(C(=O)CCC(=O)OCC(=O)Nc2ccc([N+](=O)[O-])cc2Br)s1. The van der Waals surface area contributed by atoms with Crippen LogP contribution in [-0.4, -0.2) is 29.2 Å². The van der Waals surface area contributed by atoms with Gasteiger partial charge < -0.3 is 10.1 Å². The number of ether oxygens (including phenoxy) is 1. The molecule has 1 heterocycles. The van der Waals surface area contributed by atoms with Crippen LogP contribution in [0, 0.1) is 17.0 Å². The Morgan fingerprint density at radius 1 is 1.22 bits per heavy atom. The lowest BCUT2D eigenvalue weighted by molar-refractivity contribution is -0.384. The zero-order valence-corrected chi connectivity index (χ0v) is 16.6. The number of thiophene rings is 1. The van der Waals surface area contributed by atoms with Crippen molar-refractivity contribution < 1.29 is 24.0 Å². The van der Waals surface area contributed by atoms with E-state index in [1.807, 2.05) is 13.0 Å². The Balaban J connectivity index is 1.77. The summed E-state index contributed by atoms with van der Waals surface area (Å²) in [5, 5.41) is 13.2. The highest BCUT2D eigenvalue weighted by Crippen LogP contribution is 2.27. The number of carbonyl (C=O) groups is 3. The topological polar surface area (TPSA) is 116 Å². The lowest BCUT2D eigenvalue weighted by atomic mass is 10.2. The second kappa shape index (κ2) is 9.38. The molecule has 0 aliphatic rings. The fourth-order valence-electron chi connectivity index (χ4n) is 2.05. The molecule has 27 heavy (non-hydrogen) atoms. The first-order valence-corrected chi connectivity index (χ1v) is 9.36. The van der Waals surface area contributed by atoms with Gasteiger partial charge in [-0.2, -0.15) is 0 Å². The third-order valence-electron chi connectivity index (χ3n) is 3.37. The van der Waals surface area contributed by atoms with Crippen LogP contribution >= 0.6 is 27.3 Å². The third-order valence-corrected chi connectivity index (χ3v) is 5.07. The Bertz CT molecular complexity index is 895. The molecule has 0 spiro atoms. The molecule has 0 saturated heterocycles. The normalized spacial score (nSPS) is 10.3. The van der Waals surface area contributed by atoms with Crippen LogP contribution in [0.5, 0.6) is 0 Å². The van der Waals surface area contributed by atoms with Crippen molar-refractivity contribution in [1.82, 2.24) is 0 Å². The largest absolute Gasteiger partial charge is 0.456 e. The van der Waals surface area contributed by atoms with E-state index in [9.17, 15) is 24.5 Å². The van der Waals surface area contributed by atoms with E-state index in [4.69, 9.17) is 4.74 Å². The number of anilines is 1. The van der Waals surface area contributed by atoms with Crippen LogP contribution in [0.25, 0.3) is 0 Å². The molecule has 1 aromatic carbocycles. The van der Waals surface area contributed by atoms with Crippen molar-refractivity contribution in [2.45, 2.75) is 19.8 Å². The average molecular weight is 455 g/mol. The molecule has 0 fully saturated rings. The summed E-state index contributed by atoms with van der Waals surface area (Å²) < 4.78 is 5.17. The number of rotatable bonds is 8. The minimum atomic E-state index is -0.658. The number of ketones is 1. The molecule has 2 rings (SSSR count). The summed E-state index contributed by atoms with van der Waals surface area (Å²) in [6.07, 6.45) is -0.113. The van der Waals surface area contributed by atoms with Crippen LogP contribution in [-0.2, 0) is 14.3 Å². The second-order valence-corrected chi connectivity index (χ2v) is 7.61. The number of nitrogens with zero attached hydrogens (tertiary/aromatic N) is 1. The van der Waals surface area contributed by atoms with Crippen LogP contribution in [0.3, 0.4) is 0 Å². The molecule has 0 unspecified atom stereocenters. The van der Waals surface area contributed by atoms with Crippen LogP contribution < -0.4 is 5.32 Å².